The van der Waals surface area contributed by atoms with Gasteiger partial charge in [-0.2, -0.15) is 0 Å². The molecule has 0 amide bonds. The maximum Gasteiger partial charge on any atom is 0.371 e. The summed E-state index contributed by atoms with van der Waals surface area (Å²) in [7, 11) is 0. The number of furan rings is 1. The lowest BCUT2D eigenvalue weighted by Crippen LogP contribution is -2.24. The number of fused-ring (bicyclic) bond motifs is 1. The quantitative estimate of drug-likeness (QED) is 0.843. The fourth-order valence-corrected chi connectivity index (χ4v) is 3.26. The Morgan fingerprint density at radius 2 is 2.22 bits per heavy atom. The third-order valence-corrected chi connectivity index (χ3v) is 4.15. The number of aromatic carboxylic acids is 1. The molecule has 1 aliphatic heterocycles. The first-order chi connectivity index (χ1) is 8.63. The number of carboxylic acids is 1. The molecule has 3 atom stereocenters. The van der Waals surface area contributed by atoms with Crippen LogP contribution < -0.4 is 0 Å². The maximum absolute atomic E-state index is 10.7. The van der Waals surface area contributed by atoms with E-state index in [9.17, 15) is 9.90 Å². The third kappa shape index (κ3) is 2.04. The van der Waals surface area contributed by atoms with Crippen molar-refractivity contribution in [1.82, 2.24) is 4.90 Å². The Morgan fingerprint density at radius 3 is 2.89 bits per heavy atom. The molecule has 2 aliphatic rings. The van der Waals surface area contributed by atoms with Crippen molar-refractivity contribution >= 4 is 5.97 Å². The van der Waals surface area contributed by atoms with Gasteiger partial charge in [0.25, 0.3) is 0 Å². The Bertz CT molecular complexity index is 456. The van der Waals surface area contributed by atoms with Crippen molar-refractivity contribution in [3.05, 3.63) is 23.7 Å². The molecule has 0 aromatic carbocycles. The molecule has 1 aliphatic carbocycles. The third-order valence-electron chi connectivity index (χ3n) is 4.15. The highest BCUT2D eigenvalue weighted by molar-refractivity contribution is 5.84. The van der Waals surface area contributed by atoms with Crippen LogP contribution in [-0.4, -0.2) is 40.3 Å². The van der Waals surface area contributed by atoms with E-state index in [1.165, 1.54) is 6.07 Å². The molecule has 0 bridgehead atoms. The van der Waals surface area contributed by atoms with Gasteiger partial charge in [-0.3, -0.25) is 4.90 Å². The summed E-state index contributed by atoms with van der Waals surface area (Å²) < 4.78 is 5.25. The van der Waals surface area contributed by atoms with Crippen LogP contribution in [0.1, 0.15) is 29.2 Å². The van der Waals surface area contributed by atoms with Gasteiger partial charge >= 0.3 is 5.97 Å². The number of aliphatic hydroxyl groups excluding tert-OH is 1. The normalized spacial score (nSPS) is 31.7. The van der Waals surface area contributed by atoms with Gasteiger partial charge in [-0.05, 0) is 30.9 Å². The molecule has 1 saturated carbocycles. The van der Waals surface area contributed by atoms with E-state index in [2.05, 4.69) is 4.90 Å². The van der Waals surface area contributed by atoms with Crippen molar-refractivity contribution in [1.29, 1.82) is 0 Å². The summed E-state index contributed by atoms with van der Waals surface area (Å²) in [5.41, 5.74) is 0. The number of likely N-dealkylation sites (tertiary alicyclic amines) is 1. The largest absolute Gasteiger partial charge is 0.475 e. The first-order valence-electron chi connectivity index (χ1n) is 6.36. The lowest BCUT2D eigenvalue weighted by atomic mass is 10.00. The minimum Gasteiger partial charge on any atom is -0.475 e. The highest BCUT2D eigenvalue weighted by Gasteiger charge is 2.41. The Balaban J connectivity index is 1.62. The van der Waals surface area contributed by atoms with Crippen molar-refractivity contribution in [3.63, 3.8) is 0 Å². The summed E-state index contributed by atoms with van der Waals surface area (Å²) in [5, 5.41) is 18.6. The average molecular weight is 251 g/mol. The second-order valence-corrected chi connectivity index (χ2v) is 5.33. The smallest absolute Gasteiger partial charge is 0.371 e. The van der Waals surface area contributed by atoms with Crippen LogP contribution in [0.3, 0.4) is 0 Å². The molecule has 2 heterocycles. The molecule has 5 nitrogen and oxygen atoms in total. The molecule has 1 aromatic rings. The fraction of sp³-hybridized carbons (Fsp3) is 0.615. The number of nitrogens with zero attached hydrogens (tertiary/aromatic N) is 1. The molecule has 1 saturated heterocycles. The van der Waals surface area contributed by atoms with E-state index in [1.54, 1.807) is 6.07 Å². The molecule has 3 unspecified atom stereocenters. The zero-order valence-electron chi connectivity index (χ0n) is 10.1. The van der Waals surface area contributed by atoms with E-state index in [1.807, 2.05) is 0 Å². The highest BCUT2D eigenvalue weighted by Crippen LogP contribution is 2.38. The van der Waals surface area contributed by atoms with Crippen molar-refractivity contribution < 1.29 is 19.4 Å². The van der Waals surface area contributed by atoms with Gasteiger partial charge in [-0.15, -0.1) is 0 Å². The molecule has 5 heteroatoms. The molecule has 1 aromatic heterocycles. The van der Waals surface area contributed by atoms with Gasteiger partial charge in [0.2, 0.25) is 5.76 Å². The predicted molar refractivity (Wildman–Crippen MR) is 63.2 cm³/mol. The SMILES string of the molecule is O=C(O)c1ccc(CN2CC3CCC(O)C3C2)o1. The van der Waals surface area contributed by atoms with E-state index in [0.717, 1.165) is 25.9 Å². The summed E-state index contributed by atoms with van der Waals surface area (Å²) in [6.07, 6.45) is 1.86. The van der Waals surface area contributed by atoms with Gasteiger partial charge < -0.3 is 14.6 Å². The van der Waals surface area contributed by atoms with Gasteiger partial charge in [-0.1, -0.05) is 0 Å². The molecule has 18 heavy (non-hydrogen) atoms. The fourth-order valence-electron chi connectivity index (χ4n) is 3.26. The zero-order chi connectivity index (χ0) is 12.7. The standard InChI is InChI=1S/C13H17NO4/c15-11-3-1-8-5-14(7-10(8)11)6-9-2-4-12(18-9)13(16)17/h2,4,8,10-11,15H,1,3,5-7H2,(H,16,17). The van der Waals surface area contributed by atoms with E-state index < -0.39 is 5.97 Å². The number of hydrogen-bond acceptors (Lipinski definition) is 4. The Morgan fingerprint density at radius 1 is 1.39 bits per heavy atom. The second kappa shape index (κ2) is 4.40. The van der Waals surface area contributed by atoms with Crippen molar-refractivity contribution in [3.8, 4) is 0 Å². The van der Waals surface area contributed by atoms with E-state index in [0.29, 0.717) is 24.1 Å². The lowest BCUT2D eigenvalue weighted by molar-refractivity contribution is 0.0658. The second-order valence-electron chi connectivity index (χ2n) is 5.33. The van der Waals surface area contributed by atoms with E-state index in [-0.39, 0.29) is 11.9 Å². The number of hydrogen-bond donors (Lipinski definition) is 2. The van der Waals surface area contributed by atoms with Crippen LogP contribution in [0.4, 0.5) is 0 Å². The zero-order valence-corrected chi connectivity index (χ0v) is 10.1. The van der Waals surface area contributed by atoms with Crippen LogP contribution in [0.2, 0.25) is 0 Å². The Hall–Kier alpha value is -1.33. The van der Waals surface area contributed by atoms with Crippen LogP contribution in [0, 0.1) is 11.8 Å². The van der Waals surface area contributed by atoms with E-state index >= 15 is 0 Å². The monoisotopic (exact) mass is 251 g/mol. The number of carboxylic acid groups (broad SMARTS) is 1. The highest BCUT2D eigenvalue weighted by atomic mass is 16.4. The Labute approximate surface area is 105 Å². The molecule has 98 valence electrons. The molecule has 0 radical (unpaired) electrons. The van der Waals surface area contributed by atoms with E-state index in [4.69, 9.17) is 9.52 Å². The summed E-state index contributed by atoms with van der Waals surface area (Å²) in [4.78, 5) is 13.0. The molecule has 2 fully saturated rings. The molecular weight excluding hydrogens is 234 g/mol. The van der Waals surface area contributed by atoms with Crippen LogP contribution >= 0.6 is 0 Å². The first kappa shape index (κ1) is 11.7. The molecule has 3 rings (SSSR count). The topological polar surface area (TPSA) is 73.9 Å². The van der Waals surface area contributed by atoms with Crippen molar-refractivity contribution in [2.24, 2.45) is 11.8 Å². The van der Waals surface area contributed by atoms with Crippen LogP contribution in [0.25, 0.3) is 0 Å². The van der Waals surface area contributed by atoms with Crippen molar-refractivity contribution in [2.75, 3.05) is 13.1 Å². The summed E-state index contributed by atoms with van der Waals surface area (Å²) in [6.45, 7) is 2.49. The van der Waals surface area contributed by atoms with Gasteiger partial charge in [-0.25, -0.2) is 4.79 Å². The predicted octanol–water partition coefficient (Wildman–Crippen LogP) is 1.18. The number of carbonyl (C=O) groups is 1. The van der Waals surface area contributed by atoms with Gasteiger partial charge in [0.15, 0.2) is 0 Å². The van der Waals surface area contributed by atoms with Crippen LogP contribution in [0.5, 0.6) is 0 Å². The summed E-state index contributed by atoms with van der Waals surface area (Å²) >= 11 is 0. The van der Waals surface area contributed by atoms with Crippen LogP contribution in [-0.2, 0) is 6.54 Å². The summed E-state index contributed by atoms with van der Waals surface area (Å²) in [6, 6.07) is 3.21. The Kier molecular flexibility index (Phi) is 2.87. The first-order valence-corrected chi connectivity index (χ1v) is 6.36. The number of rotatable bonds is 3. The summed E-state index contributed by atoms with van der Waals surface area (Å²) in [5.74, 6) is 0.620. The van der Waals surface area contributed by atoms with Gasteiger partial charge in [0.05, 0.1) is 12.6 Å². The molecule has 2 N–H and O–H groups in total. The lowest BCUT2D eigenvalue weighted by Gasteiger charge is -2.16. The minimum atomic E-state index is -1.03. The van der Waals surface area contributed by atoms with Crippen LogP contribution in [0.15, 0.2) is 16.5 Å². The van der Waals surface area contributed by atoms with Gasteiger partial charge in [0, 0.05) is 19.0 Å². The average Bonchev–Trinajstić information content (AvgIpc) is 2.98. The van der Waals surface area contributed by atoms with Gasteiger partial charge in [0.1, 0.15) is 5.76 Å². The number of aliphatic hydroxyl groups is 1. The molecule has 0 spiro atoms. The maximum atomic E-state index is 10.7. The molecular formula is C13H17NO4. The van der Waals surface area contributed by atoms with Crippen molar-refractivity contribution in [2.45, 2.75) is 25.5 Å². The minimum absolute atomic E-state index is 0.00979.